The molecule has 3 nitrogen and oxygen atoms in total. The number of hydrogen-bond acceptors (Lipinski definition) is 2. The lowest BCUT2D eigenvalue weighted by atomic mass is 10.00. The molecule has 0 aromatic heterocycles. The molecule has 0 atom stereocenters. The fourth-order valence-electron chi connectivity index (χ4n) is 3.10. The van der Waals surface area contributed by atoms with Crippen LogP contribution in [0.25, 0.3) is 0 Å². The quantitative estimate of drug-likeness (QED) is 0.876. The Balaban J connectivity index is 1.55. The van der Waals surface area contributed by atoms with Crippen molar-refractivity contribution in [2.45, 2.75) is 25.4 Å². The van der Waals surface area contributed by atoms with E-state index < -0.39 is 11.7 Å². The van der Waals surface area contributed by atoms with Crippen LogP contribution in [0.15, 0.2) is 42.5 Å². The summed E-state index contributed by atoms with van der Waals surface area (Å²) in [5, 5.41) is 6.18. The number of fused-ring (bicyclic) bond motifs is 1. The Hall–Kier alpha value is -2.34. The molecule has 0 radical (unpaired) electrons. The summed E-state index contributed by atoms with van der Waals surface area (Å²) in [5.74, 6) is -0.156. The van der Waals surface area contributed by atoms with Gasteiger partial charge >= 0.3 is 6.18 Å². The Kier molecular flexibility index (Phi) is 5.61. The molecule has 0 unspecified atom stereocenters. The number of benzene rings is 2. The van der Waals surface area contributed by atoms with E-state index in [2.05, 4.69) is 10.6 Å². The molecule has 0 fully saturated rings. The predicted octanol–water partition coefficient (Wildman–Crippen LogP) is 3.37. The van der Waals surface area contributed by atoms with Crippen LogP contribution in [0.4, 0.5) is 13.2 Å². The van der Waals surface area contributed by atoms with Crippen molar-refractivity contribution >= 4 is 5.91 Å². The maximum atomic E-state index is 12.5. The molecule has 1 amide bonds. The van der Waals surface area contributed by atoms with E-state index >= 15 is 0 Å². The maximum absolute atomic E-state index is 12.5. The second kappa shape index (κ2) is 7.91. The molecule has 0 saturated carbocycles. The third-order valence-electron chi connectivity index (χ3n) is 4.59. The molecule has 0 bridgehead atoms. The molecule has 1 aliphatic rings. The van der Waals surface area contributed by atoms with Crippen molar-refractivity contribution in [2.24, 2.45) is 0 Å². The molecule has 0 spiro atoms. The molecule has 1 heterocycles. The Labute approximate surface area is 150 Å². The van der Waals surface area contributed by atoms with E-state index in [9.17, 15) is 18.0 Å². The van der Waals surface area contributed by atoms with Crippen molar-refractivity contribution in [3.63, 3.8) is 0 Å². The molecule has 3 rings (SSSR count). The third-order valence-corrected chi connectivity index (χ3v) is 4.59. The summed E-state index contributed by atoms with van der Waals surface area (Å²) < 4.78 is 37.6. The lowest BCUT2D eigenvalue weighted by Crippen LogP contribution is -2.26. The fourth-order valence-corrected chi connectivity index (χ4v) is 3.10. The standard InChI is InChI=1S/C20H21F3N2O/c21-20(22,23)18-5-1-14(2-6-18)7-12-25-19(26)17-4-3-15-8-10-24-11-9-16(15)13-17/h1-6,13,24H,7-12H2,(H,25,26). The van der Waals surface area contributed by atoms with E-state index in [4.69, 9.17) is 0 Å². The number of alkyl halides is 3. The van der Waals surface area contributed by atoms with Gasteiger partial charge in [-0.2, -0.15) is 13.2 Å². The van der Waals surface area contributed by atoms with Crippen molar-refractivity contribution in [3.8, 4) is 0 Å². The molecule has 26 heavy (non-hydrogen) atoms. The van der Waals surface area contributed by atoms with Crippen LogP contribution in [0.5, 0.6) is 0 Å². The summed E-state index contributed by atoms with van der Waals surface area (Å²) in [6.45, 7) is 2.24. The van der Waals surface area contributed by atoms with Gasteiger partial charge in [-0.3, -0.25) is 4.79 Å². The van der Waals surface area contributed by atoms with E-state index in [0.717, 1.165) is 43.6 Å². The van der Waals surface area contributed by atoms with Crippen LogP contribution in [0, 0.1) is 0 Å². The molecule has 0 aliphatic carbocycles. The molecular weight excluding hydrogens is 341 g/mol. The Bertz CT molecular complexity index is 770. The highest BCUT2D eigenvalue weighted by Gasteiger charge is 2.29. The summed E-state index contributed by atoms with van der Waals surface area (Å²) in [6.07, 6.45) is -1.97. The number of halogens is 3. The van der Waals surface area contributed by atoms with Gasteiger partial charge in [-0.05, 0) is 73.3 Å². The predicted molar refractivity (Wildman–Crippen MR) is 94.2 cm³/mol. The molecule has 1 aliphatic heterocycles. The van der Waals surface area contributed by atoms with Crippen molar-refractivity contribution in [2.75, 3.05) is 19.6 Å². The first-order chi connectivity index (χ1) is 12.4. The highest BCUT2D eigenvalue weighted by Crippen LogP contribution is 2.29. The van der Waals surface area contributed by atoms with Crippen molar-refractivity contribution in [3.05, 3.63) is 70.3 Å². The van der Waals surface area contributed by atoms with Crippen LogP contribution in [0.3, 0.4) is 0 Å². The summed E-state index contributed by atoms with van der Waals surface area (Å²) in [5.41, 5.74) is 3.19. The molecule has 2 aromatic rings. The highest BCUT2D eigenvalue weighted by molar-refractivity contribution is 5.94. The number of hydrogen-bond donors (Lipinski definition) is 2. The Morgan fingerprint density at radius 2 is 1.69 bits per heavy atom. The molecule has 6 heteroatoms. The minimum absolute atomic E-state index is 0.156. The lowest BCUT2D eigenvalue weighted by Gasteiger charge is -2.10. The molecular formula is C20H21F3N2O. The van der Waals surface area contributed by atoms with Gasteiger partial charge in [0, 0.05) is 12.1 Å². The highest BCUT2D eigenvalue weighted by atomic mass is 19.4. The van der Waals surface area contributed by atoms with E-state index in [0.29, 0.717) is 18.5 Å². The lowest BCUT2D eigenvalue weighted by molar-refractivity contribution is -0.137. The molecule has 138 valence electrons. The minimum Gasteiger partial charge on any atom is -0.352 e. The van der Waals surface area contributed by atoms with Gasteiger partial charge in [-0.25, -0.2) is 0 Å². The molecule has 0 saturated heterocycles. The summed E-state index contributed by atoms with van der Waals surface area (Å²) in [4.78, 5) is 12.3. The Morgan fingerprint density at radius 1 is 1.00 bits per heavy atom. The van der Waals surface area contributed by atoms with E-state index in [-0.39, 0.29) is 5.91 Å². The number of amides is 1. The van der Waals surface area contributed by atoms with Crippen LogP contribution in [-0.4, -0.2) is 25.5 Å². The first-order valence-corrected chi connectivity index (χ1v) is 8.70. The first-order valence-electron chi connectivity index (χ1n) is 8.70. The number of carbonyl (C=O) groups is 1. The second-order valence-electron chi connectivity index (χ2n) is 6.43. The zero-order valence-electron chi connectivity index (χ0n) is 14.3. The van der Waals surface area contributed by atoms with Gasteiger partial charge in [-0.15, -0.1) is 0 Å². The number of nitrogens with one attached hydrogen (secondary N) is 2. The average Bonchev–Trinajstić information content (AvgIpc) is 2.86. The zero-order valence-corrected chi connectivity index (χ0v) is 14.3. The SMILES string of the molecule is O=C(NCCc1ccc(C(F)(F)F)cc1)c1ccc2c(c1)CCNCC2. The fraction of sp³-hybridized carbons (Fsp3) is 0.350. The summed E-state index contributed by atoms with van der Waals surface area (Å²) in [6, 6.07) is 10.8. The van der Waals surface area contributed by atoms with E-state index in [1.165, 1.54) is 23.3 Å². The van der Waals surface area contributed by atoms with Gasteiger partial charge in [0.05, 0.1) is 5.56 Å². The van der Waals surface area contributed by atoms with Crippen LogP contribution in [-0.2, 0) is 25.4 Å². The number of rotatable bonds is 4. The van der Waals surface area contributed by atoms with Crippen molar-refractivity contribution in [1.29, 1.82) is 0 Å². The van der Waals surface area contributed by atoms with Crippen LogP contribution >= 0.6 is 0 Å². The van der Waals surface area contributed by atoms with Gasteiger partial charge < -0.3 is 10.6 Å². The van der Waals surface area contributed by atoms with Gasteiger partial charge in [0.15, 0.2) is 0 Å². The Morgan fingerprint density at radius 3 is 2.38 bits per heavy atom. The van der Waals surface area contributed by atoms with Gasteiger partial charge in [0.25, 0.3) is 5.91 Å². The second-order valence-corrected chi connectivity index (χ2v) is 6.43. The third kappa shape index (κ3) is 4.64. The van der Waals surface area contributed by atoms with Crippen molar-refractivity contribution in [1.82, 2.24) is 10.6 Å². The zero-order chi connectivity index (χ0) is 18.6. The maximum Gasteiger partial charge on any atom is 0.416 e. The molecule has 2 N–H and O–H groups in total. The summed E-state index contributed by atoms with van der Waals surface area (Å²) >= 11 is 0. The summed E-state index contributed by atoms with van der Waals surface area (Å²) in [7, 11) is 0. The van der Waals surface area contributed by atoms with Gasteiger partial charge in [0.1, 0.15) is 0 Å². The van der Waals surface area contributed by atoms with Crippen LogP contribution in [0.1, 0.15) is 32.6 Å². The monoisotopic (exact) mass is 362 g/mol. The first kappa shape index (κ1) is 18.5. The van der Waals surface area contributed by atoms with Crippen LogP contribution in [0.2, 0.25) is 0 Å². The van der Waals surface area contributed by atoms with Crippen LogP contribution < -0.4 is 10.6 Å². The average molecular weight is 362 g/mol. The molecule has 2 aromatic carbocycles. The largest absolute Gasteiger partial charge is 0.416 e. The topological polar surface area (TPSA) is 41.1 Å². The van der Waals surface area contributed by atoms with Crippen molar-refractivity contribution < 1.29 is 18.0 Å². The van der Waals surface area contributed by atoms with Gasteiger partial charge in [0.2, 0.25) is 0 Å². The number of carbonyl (C=O) groups excluding carboxylic acids is 1. The van der Waals surface area contributed by atoms with Gasteiger partial charge in [-0.1, -0.05) is 18.2 Å². The van der Waals surface area contributed by atoms with E-state index in [1.807, 2.05) is 18.2 Å². The minimum atomic E-state index is -4.33. The normalized spacial score (nSPS) is 14.4. The van der Waals surface area contributed by atoms with E-state index in [1.54, 1.807) is 0 Å². The smallest absolute Gasteiger partial charge is 0.352 e.